The van der Waals surface area contributed by atoms with Gasteiger partial charge in [0.05, 0.1) is 21.3 Å². The van der Waals surface area contributed by atoms with Gasteiger partial charge < -0.3 is 19.5 Å². The summed E-state index contributed by atoms with van der Waals surface area (Å²) in [5.74, 6) is 0.336. The minimum absolute atomic E-state index is 0.138. The third kappa shape index (κ3) is 4.28. The number of carbonyl (C=O) groups is 2. The van der Waals surface area contributed by atoms with Gasteiger partial charge in [0.2, 0.25) is 6.79 Å². The van der Waals surface area contributed by atoms with E-state index in [4.69, 9.17) is 14.2 Å². The molecule has 0 unspecified atom stereocenters. The Bertz CT molecular complexity index is 898. The van der Waals surface area contributed by atoms with Gasteiger partial charge in [0.1, 0.15) is 0 Å². The van der Waals surface area contributed by atoms with E-state index in [1.807, 2.05) is 0 Å². The van der Waals surface area contributed by atoms with E-state index in [0.29, 0.717) is 27.8 Å². The zero-order valence-corrected chi connectivity index (χ0v) is 15.7. The summed E-state index contributed by atoms with van der Waals surface area (Å²) < 4.78 is 27.8. The molecular weight excluding hydrogens is 370 g/mol. The molecule has 0 aromatic heterocycles. The van der Waals surface area contributed by atoms with Gasteiger partial charge in [-0.1, -0.05) is 19.1 Å². The number of hydrogen-bond donors (Lipinski definition) is 1. The molecule has 1 heterocycles. The van der Waals surface area contributed by atoms with Crippen LogP contribution in [0.2, 0.25) is 0 Å². The molecule has 7 nitrogen and oxygen atoms in total. The molecule has 0 bridgehead atoms. The molecule has 2 atom stereocenters. The van der Waals surface area contributed by atoms with Crippen LogP contribution < -0.4 is 14.8 Å². The fraction of sp³-hybridized carbons (Fsp3) is 0.263. The van der Waals surface area contributed by atoms with Crippen molar-refractivity contribution in [3.8, 4) is 11.5 Å². The van der Waals surface area contributed by atoms with Crippen molar-refractivity contribution in [2.75, 3.05) is 17.9 Å². The van der Waals surface area contributed by atoms with Crippen molar-refractivity contribution in [1.82, 2.24) is 0 Å². The highest BCUT2D eigenvalue weighted by molar-refractivity contribution is 7.85. The summed E-state index contributed by atoms with van der Waals surface area (Å²) in [7, 11) is -1.31. The van der Waals surface area contributed by atoms with E-state index in [0.717, 1.165) is 0 Å². The van der Waals surface area contributed by atoms with Crippen molar-refractivity contribution in [3.05, 3.63) is 48.0 Å². The lowest BCUT2D eigenvalue weighted by molar-refractivity contribution is -0.123. The first-order chi connectivity index (χ1) is 13.0. The van der Waals surface area contributed by atoms with Gasteiger partial charge in [-0.25, -0.2) is 4.79 Å². The van der Waals surface area contributed by atoms with Crippen LogP contribution in [0.5, 0.6) is 11.5 Å². The number of ether oxygens (including phenoxy) is 3. The quantitative estimate of drug-likeness (QED) is 0.764. The standard InChI is InChI=1S/C19H19NO6S/c1-3-27(23)17-7-5-4-6-14(17)19(22)26-12(2)18(21)20-13-8-9-15-16(10-13)25-11-24-15/h4-10,12H,3,11H2,1-2H3,(H,20,21)/t12-,27-/m1/s1. The van der Waals surface area contributed by atoms with Gasteiger partial charge in [0, 0.05) is 17.5 Å². The summed E-state index contributed by atoms with van der Waals surface area (Å²) in [6, 6.07) is 11.5. The van der Waals surface area contributed by atoms with Gasteiger partial charge in [-0.3, -0.25) is 9.00 Å². The molecule has 1 aliphatic heterocycles. The highest BCUT2D eigenvalue weighted by Crippen LogP contribution is 2.34. The lowest BCUT2D eigenvalue weighted by Crippen LogP contribution is -2.30. The first-order valence-corrected chi connectivity index (χ1v) is 9.70. The fourth-order valence-corrected chi connectivity index (χ4v) is 3.42. The number of rotatable bonds is 6. The summed E-state index contributed by atoms with van der Waals surface area (Å²) in [4.78, 5) is 25.2. The van der Waals surface area contributed by atoms with Gasteiger partial charge in [0.25, 0.3) is 5.91 Å². The van der Waals surface area contributed by atoms with Crippen LogP contribution in [-0.4, -0.2) is 34.7 Å². The van der Waals surface area contributed by atoms with Crippen LogP contribution in [0.15, 0.2) is 47.4 Å². The van der Waals surface area contributed by atoms with Crippen molar-refractivity contribution >= 4 is 28.4 Å². The van der Waals surface area contributed by atoms with Gasteiger partial charge in [-0.05, 0) is 31.2 Å². The molecule has 1 aliphatic rings. The summed E-state index contributed by atoms with van der Waals surface area (Å²) in [6.07, 6.45) is -1.04. The number of fused-ring (bicyclic) bond motifs is 1. The SMILES string of the molecule is CC[S@@](=O)c1ccccc1C(=O)O[C@H](C)C(=O)Nc1ccc2c(c1)OCO2. The summed E-state index contributed by atoms with van der Waals surface area (Å²) in [5.41, 5.74) is 0.694. The molecular formula is C19H19NO6S. The second-order valence-corrected chi connectivity index (χ2v) is 7.44. The van der Waals surface area contributed by atoms with Crippen molar-refractivity contribution in [2.24, 2.45) is 0 Å². The number of benzene rings is 2. The number of hydrogen-bond acceptors (Lipinski definition) is 6. The zero-order chi connectivity index (χ0) is 19.4. The van der Waals surface area contributed by atoms with Crippen molar-refractivity contribution in [3.63, 3.8) is 0 Å². The second kappa shape index (κ2) is 8.22. The Balaban J connectivity index is 1.66. The molecule has 0 aliphatic carbocycles. The molecule has 3 rings (SSSR count). The van der Waals surface area contributed by atoms with Crippen LogP contribution in [-0.2, 0) is 20.3 Å². The van der Waals surface area contributed by atoms with Crippen molar-refractivity contribution < 1.29 is 28.0 Å². The predicted octanol–water partition coefficient (Wildman–Crippen LogP) is 2.73. The molecule has 1 amide bonds. The van der Waals surface area contributed by atoms with Gasteiger partial charge >= 0.3 is 5.97 Å². The molecule has 0 radical (unpaired) electrons. The molecule has 2 aromatic carbocycles. The topological polar surface area (TPSA) is 90.9 Å². The van der Waals surface area contributed by atoms with E-state index in [9.17, 15) is 13.8 Å². The summed E-state index contributed by atoms with van der Waals surface area (Å²) in [5, 5.41) is 2.67. The lowest BCUT2D eigenvalue weighted by Gasteiger charge is -2.15. The van der Waals surface area contributed by atoms with Gasteiger partial charge in [-0.15, -0.1) is 0 Å². The van der Waals surface area contributed by atoms with Crippen molar-refractivity contribution in [1.29, 1.82) is 0 Å². The third-order valence-electron chi connectivity index (χ3n) is 3.91. The van der Waals surface area contributed by atoms with E-state index in [1.54, 1.807) is 43.3 Å². The van der Waals surface area contributed by atoms with Crippen LogP contribution in [0, 0.1) is 0 Å². The van der Waals surface area contributed by atoms with Crippen LogP contribution in [0.1, 0.15) is 24.2 Å². The van der Waals surface area contributed by atoms with Gasteiger partial charge in [-0.2, -0.15) is 0 Å². The molecule has 0 saturated heterocycles. The second-order valence-electron chi connectivity index (χ2n) is 5.74. The highest BCUT2D eigenvalue weighted by Gasteiger charge is 2.23. The van der Waals surface area contributed by atoms with Crippen LogP contribution in [0.3, 0.4) is 0 Å². The number of nitrogens with one attached hydrogen (secondary N) is 1. The molecule has 1 N–H and O–H groups in total. The zero-order valence-electron chi connectivity index (χ0n) is 14.9. The van der Waals surface area contributed by atoms with E-state index in [-0.39, 0.29) is 12.4 Å². The minimum Gasteiger partial charge on any atom is -0.454 e. The molecule has 27 heavy (non-hydrogen) atoms. The first kappa shape index (κ1) is 18.9. The Morgan fingerprint density at radius 3 is 2.70 bits per heavy atom. The Labute approximate surface area is 159 Å². The number of amides is 1. The van der Waals surface area contributed by atoms with Crippen LogP contribution in [0.4, 0.5) is 5.69 Å². The smallest absolute Gasteiger partial charge is 0.340 e. The molecule has 0 spiro atoms. The normalized spacial score (nSPS) is 14.3. The number of carbonyl (C=O) groups excluding carboxylic acids is 2. The molecule has 142 valence electrons. The fourth-order valence-electron chi connectivity index (χ4n) is 2.49. The molecule has 8 heteroatoms. The maximum Gasteiger partial charge on any atom is 0.340 e. The highest BCUT2D eigenvalue weighted by atomic mass is 32.2. The predicted molar refractivity (Wildman–Crippen MR) is 99.5 cm³/mol. The largest absolute Gasteiger partial charge is 0.454 e. The van der Waals surface area contributed by atoms with Crippen molar-refractivity contribution in [2.45, 2.75) is 24.8 Å². The van der Waals surface area contributed by atoms with Crippen LogP contribution >= 0.6 is 0 Å². The Hall–Kier alpha value is -2.87. The minimum atomic E-state index is -1.31. The van der Waals surface area contributed by atoms with E-state index < -0.39 is 28.8 Å². The van der Waals surface area contributed by atoms with Gasteiger partial charge in [0.15, 0.2) is 17.6 Å². The molecule has 2 aromatic rings. The summed E-state index contributed by atoms with van der Waals surface area (Å²) >= 11 is 0. The maximum atomic E-state index is 12.4. The van der Waals surface area contributed by atoms with Crippen LogP contribution in [0.25, 0.3) is 0 Å². The Morgan fingerprint density at radius 1 is 1.19 bits per heavy atom. The third-order valence-corrected chi connectivity index (χ3v) is 5.28. The van der Waals surface area contributed by atoms with E-state index in [1.165, 1.54) is 13.0 Å². The average Bonchev–Trinajstić information content (AvgIpc) is 3.15. The van der Waals surface area contributed by atoms with E-state index in [2.05, 4.69) is 5.32 Å². The monoisotopic (exact) mass is 389 g/mol. The Kier molecular flexibility index (Phi) is 5.75. The maximum absolute atomic E-state index is 12.4. The van der Waals surface area contributed by atoms with E-state index >= 15 is 0 Å². The average molecular weight is 389 g/mol. The summed E-state index contributed by atoms with van der Waals surface area (Å²) in [6.45, 7) is 3.37. The number of anilines is 1. The Morgan fingerprint density at radius 2 is 1.93 bits per heavy atom. The lowest BCUT2D eigenvalue weighted by atomic mass is 10.2. The number of esters is 1. The molecule has 0 saturated carbocycles. The molecule has 0 fully saturated rings. The first-order valence-electron chi connectivity index (χ1n) is 8.38.